The van der Waals surface area contributed by atoms with Gasteiger partial charge in [0, 0.05) is 18.9 Å². The summed E-state index contributed by atoms with van der Waals surface area (Å²) in [5.74, 6) is 1.52. The quantitative estimate of drug-likeness (QED) is 0.249. The van der Waals surface area contributed by atoms with Crippen LogP contribution in [0.1, 0.15) is 73.4 Å². The van der Waals surface area contributed by atoms with Crippen LogP contribution in [0.5, 0.6) is 17.2 Å². The van der Waals surface area contributed by atoms with E-state index in [1.807, 2.05) is 6.07 Å². The van der Waals surface area contributed by atoms with Gasteiger partial charge < -0.3 is 18.0 Å². The SMILES string of the molecule is COCc1cc(O[Si](C)(C)C(C)(C)C)c(O[Si](C)(C)C(C)(C)C)c(O[Si](C)(C)C(C)(C)C)c1CS(C)(=O)=O. The van der Waals surface area contributed by atoms with Gasteiger partial charge in [-0.25, -0.2) is 8.42 Å². The molecule has 0 aliphatic rings. The molecule has 0 N–H and O–H groups in total. The summed E-state index contributed by atoms with van der Waals surface area (Å²) in [5, 5.41) is -0.243. The van der Waals surface area contributed by atoms with Crippen LogP contribution in [0, 0.1) is 0 Å². The summed E-state index contributed by atoms with van der Waals surface area (Å²) in [4.78, 5) is 0. The van der Waals surface area contributed by atoms with E-state index in [-0.39, 0.29) is 27.5 Å². The number of sulfone groups is 1. The Morgan fingerprint density at radius 3 is 1.39 bits per heavy atom. The molecule has 0 saturated heterocycles. The van der Waals surface area contributed by atoms with Gasteiger partial charge in [-0.2, -0.15) is 0 Å². The van der Waals surface area contributed by atoms with Crippen molar-refractivity contribution in [2.24, 2.45) is 0 Å². The highest BCUT2D eigenvalue weighted by atomic mass is 32.2. The summed E-state index contributed by atoms with van der Waals surface area (Å²) in [6, 6.07) is 1.94. The maximum absolute atomic E-state index is 12.7. The Bertz CT molecular complexity index is 1090. The molecule has 0 saturated carbocycles. The van der Waals surface area contributed by atoms with E-state index in [9.17, 15) is 8.42 Å². The molecule has 6 nitrogen and oxygen atoms in total. The van der Waals surface area contributed by atoms with Gasteiger partial charge in [0.15, 0.2) is 21.3 Å². The van der Waals surface area contributed by atoms with Crippen molar-refractivity contribution in [3.05, 3.63) is 17.2 Å². The predicted octanol–water partition coefficient (Wildman–Crippen LogP) is 8.53. The van der Waals surface area contributed by atoms with Crippen molar-refractivity contribution in [3.63, 3.8) is 0 Å². The second-order valence-corrected chi connectivity index (χ2v) is 31.6. The Hall–Kier alpha value is -0.819. The van der Waals surface area contributed by atoms with Gasteiger partial charge >= 0.3 is 0 Å². The lowest BCUT2D eigenvalue weighted by Crippen LogP contribution is -2.47. The van der Waals surface area contributed by atoms with Crippen LogP contribution in [0.25, 0.3) is 0 Å². The van der Waals surface area contributed by atoms with E-state index in [0.29, 0.717) is 22.8 Å². The van der Waals surface area contributed by atoms with Gasteiger partial charge in [-0.05, 0) is 66.0 Å². The highest BCUT2D eigenvalue weighted by molar-refractivity contribution is 7.89. The first-order valence-electron chi connectivity index (χ1n) is 13.5. The van der Waals surface area contributed by atoms with Crippen molar-refractivity contribution >= 4 is 34.8 Å². The van der Waals surface area contributed by atoms with Crippen molar-refractivity contribution in [2.75, 3.05) is 13.4 Å². The van der Waals surface area contributed by atoms with Gasteiger partial charge in [0.05, 0.1) is 12.4 Å². The molecule has 0 heterocycles. The van der Waals surface area contributed by atoms with Crippen molar-refractivity contribution in [2.45, 2.75) is 129 Å². The number of methoxy groups -OCH3 is 1. The van der Waals surface area contributed by atoms with Crippen LogP contribution in [0.4, 0.5) is 0 Å². The van der Waals surface area contributed by atoms with E-state index in [4.69, 9.17) is 18.0 Å². The largest absolute Gasteiger partial charge is 0.541 e. The van der Waals surface area contributed by atoms with E-state index in [2.05, 4.69) is 102 Å². The molecule has 1 rings (SSSR count). The fourth-order valence-corrected chi connectivity index (χ4v) is 6.83. The number of ether oxygens (including phenoxy) is 1. The highest BCUT2D eigenvalue weighted by Crippen LogP contribution is 2.52. The predicted molar refractivity (Wildman–Crippen MR) is 169 cm³/mol. The Balaban J connectivity index is 4.29. The highest BCUT2D eigenvalue weighted by Gasteiger charge is 2.46. The molecule has 10 heteroatoms. The third-order valence-corrected chi connectivity index (χ3v) is 22.4. The summed E-state index contributed by atoms with van der Waals surface area (Å²) < 4.78 is 52.0. The molecule has 1 aromatic carbocycles. The van der Waals surface area contributed by atoms with E-state index in [0.717, 1.165) is 5.56 Å². The molecule has 0 amide bonds. The molecule has 0 fully saturated rings. The van der Waals surface area contributed by atoms with Crippen molar-refractivity contribution < 1.29 is 26.4 Å². The molecule has 0 bridgehead atoms. The van der Waals surface area contributed by atoms with Crippen molar-refractivity contribution in [1.82, 2.24) is 0 Å². The van der Waals surface area contributed by atoms with Crippen molar-refractivity contribution in [3.8, 4) is 17.2 Å². The van der Waals surface area contributed by atoms with E-state index < -0.39 is 34.8 Å². The molecule has 1 aromatic rings. The number of hydrogen-bond acceptors (Lipinski definition) is 6. The first-order valence-corrected chi connectivity index (χ1v) is 24.3. The Morgan fingerprint density at radius 1 is 0.684 bits per heavy atom. The lowest BCUT2D eigenvalue weighted by molar-refractivity contribution is 0.183. The molecule has 222 valence electrons. The maximum atomic E-state index is 12.7. The average molecular weight is 605 g/mol. The Labute approximate surface area is 237 Å². The topological polar surface area (TPSA) is 71.1 Å². The average Bonchev–Trinajstić information content (AvgIpc) is 2.63. The van der Waals surface area contributed by atoms with Crippen LogP contribution in [-0.4, -0.2) is 46.7 Å². The van der Waals surface area contributed by atoms with Crippen LogP contribution in [0.2, 0.25) is 54.4 Å². The van der Waals surface area contributed by atoms with Crippen LogP contribution in [-0.2, 0) is 26.9 Å². The van der Waals surface area contributed by atoms with Gasteiger partial charge in [0.1, 0.15) is 5.75 Å². The van der Waals surface area contributed by atoms with Gasteiger partial charge in [-0.1, -0.05) is 62.3 Å². The fourth-order valence-electron chi connectivity index (χ4n) is 2.94. The van der Waals surface area contributed by atoms with Gasteiger partial charge in [0.2, 0.25) is 0 Å². The molecule has 0 atom stereocenters. The molecular formula is C28H56O6SSi3. The Morgan fingerprint density at radius 2 is 1.05 bits per heavy atom. The minimum Gasteiger partial charge on any atom is -0.541 e. The van der Waals surface area contributed by atoms with Gasteiger partial charge in [0.25, 0.3) is 25.0 Å². The standard InChI is InChI=1S/C28H56O6SSi3/c1-26(2,3)36(12,13)32-23-18-21(19-31-10)22(20-35(11,29)30)24(33-37(14,15)27(4,5)6)25(23)34-38(16,17)28(7,8)9/h18H,19-20H2,1-17H3. The first kappa shape index (κ1) is 35.2. The third kappa shape index (κ3) is 8.59. The van der Waals surface area contributed by atoms with Crippen LogP contribution >= 0.6 is 0 Å². The number of benzene rings is 1. The van der Waals surface area contributed by atoms with Crippen LogP contribution in [0.3, 0.4) is 0 Å². The van der Waals surface area contributed by atoms with E-state index >= 15 is 0 Å². The Kier molecular flexibility index (Phi) is 10.4. The lowest BCUT2D eigenvalue weighted by atomic mass is 10.1. The molecule has 0 aliphatic heterocycles. The summed E-state index contributed by atoms with van der Waals surface area (Å²) in [6.45, 7) is 33.1. The maximum Gasteiger partial charge on any atom is 0.250 e. The second-order valence-electron chi connectivity index (χ2n) is 15.3. The zero-order chi connectivity index (χ0) is 30.3. The van der Waals surface area contributed by atoms with Crippen molar-refractivity contribution in [1.29, 1.82) is 0 Å². The number of rotatable bonds is 10. The van der Waals surface area contributed by atoms with Gasteiger partial charge in [-0.3, -0.25) is 0 Å². The third-order valence-electron chi connectivity index (χ3n) is 8.60. The fraction of sp³-hybridized carbons (Fsp3) is 0.786. The smallest absolute Gasteiger partial charge is 0.250 e. The minimum atomic E-state index is -3.39. The summed E-state index contributed by atoms with van der Waals surface area (Å²) in [5.41, 5.74) is 1.36. The molecule has 0 aliphatic carbocycles. The van der Waals surface area contributed by atoms with Crippen LogP contribution in [0.15, 0.2) is 6.07 Å². The summed E-state index contributed by atoms with van der Waals surface area (Å²) >= 11 is 0. The minimum absolute atomic E-state index is 0.0471. The second kappa shape index (κ2) is 11.2. The number of hydrogen-bond donors (Lipinski definition) is 0. The monoisotopic (exact) mass is 604 g/mol. The lowest BCUT2D eigenvalue weighted by Gasteiger charge is -2.42. The summed E-state index contributed by atoms with van der Waals surface area (Å²) in [6.07, 6.45) is 1.26. The molecule has 0 unspecified atom stereocenters. The molecule has 38 heavy (non-hydrogen) atoms. The molecular weight excluding hydrogens is 549 g/mol. The molecule has 0 spiro atoms. The van der Waals surface area contributed by atoms with Crippen LogP contribution < -0.4 is 13.3 Å². The van der Waals surface area contributed by atoms with E-state index in [1.54, 1.807) is 7.11 Å². The summed E-state index contributed by atoms with van der Waals surface area (Å²) in [7, 11) is -8.86. The van der Waals surface area contributed by atoms with Gasteiger partial charge in [-0.15, -0.1) is 0 Å². The first-order chi connectivity index (χ1) is 16.6. The zero-order valence-electron chi connectivity index (χ0n) is 27.3. The molecule has 0 aromatic heterocycles. The van der Waals surface area contributed by atoms with E-state index in [1.165, 1.54) is 6.26 Å². The molecule has 0 radical (unpaired) electrons. The normalized spacial score (nSPS) is 14.4. The zero-order valence-corrected chi connectivity index (χ0v) is 31.2.